The number of rotatable bonds is 2. The molecule has 0 saturated carbocycles. The van der Waals surface area contributed by atoms with E-state index in [0.717, 1.165) is 22.3 Å². The standard InChI is InChI=1S/2C6H9.CHO.Ru/c2*1-5(2)6(3)4;1-2;/h2*1H,3H2,2,4H3;1H;/q3*-1;+3. The van der Waals surface area contributed by atoms with Crippen molar-refractivity contribution >= 4 is 6.79 Å². The van der Waals surface area contributed by atoms with E-state index in [-0.39, 0.29) is 19.5 Å². The average molecular weight is 292 g/mol. The number of carbonyl (C=O) groups excluding carboxylic acids is 1. The molecule has 0 rings (SSSR count). The van der Waals surface area contributed by atoms with E-state index in [1.54, 1.807) is 0 Å². The van der Waals surface area contributed by atoms with Crippen molar-refractivity contribution in [3.63, 3.8) is 0 Å². The van der Waals surface area contributed by atoms with Crippen LogP contribution in [0.3, 0.4) is 0 Å². The van der Waals surface area contributed by atoms with Crippen LogP contribution in [0.15, 0.2) is 35.5 Å². The average Bonchev–Trinajstić information content (AvgIpc) is 2.08. The molecule has 0 amide bonds. The zero-order valence-electron chi connectivity index (χ0n) is 9.91. The van der Waals surface area contributed by atoms with Gasteiger partial charge in [0.1, 0.15) is 0 Å². The summed E-state index contributed by atoms with van der Waals surface area (Å²) in [5.74, 6) is 0. The Morgan fingerprint density at radius 2 is 0.867 bits per heavy atom. The maximum Gasteiger partial charge on any atom is 3.00 e. The van der Waals surface area contributed by atoms with Crippen LogP contribution in [0.2, 0.25) is 0 Å². The molecule has 0 aliphatic rings. The van der Waals surface area contributed by atoms with Crippen molar-refractivity contribution < 1.29 is 24.3 Å². The fraction of sp³-hybridized carbons (Fsp3) is 0.308. The van der Waals surface area contributed by atoms with Gasteiger partial charge in [-0.1, -0.05) is 13.8 Å². The minimum absolute atomic E-state index is 0. The molecule has 15 heavy (non-hydrogen) atoms. The topological polar surface area (TPSA) is 17.1 Å². The first-order valence-electron chi connectivity index (χ1n) is 4.02. The quantitative estimate of drug-likeness (QED) is 0.329. The van der Waals surface area contributed by atoms with Crippen molar-refractivity contribution in [2.45, 2.75) is 27.7 Å². The summed E-state index contributed by atoms with van der Waals surface area (Å²) in [4.78, 5) is 7.75. The van der Waals surface area contributed by atoms with Gasteiger partial charge in [-0.15, -0.1) is 13.8 Å². The predicted molar refractivity (Wildman–Crippen MR) is 63.4 cm³/mol. The van der Waals surface area contributed by atoms with Crippen LogP contribution in [0.4, 0.5) is 0 Å². The summed E-state index contributed by atoms with van der Waals surface area (Å²) in [6.45, 7) is 28.4. The Labute approximate surface area is 107 Å². The summed E-state index contributed by atoms with van der Waals surface area (Å²) in [6.07, 6.45) is 0. The summed E-state index contributed by atoms with van der Waals surface area (Å²) in [5, 5.41) is 0. The Hall–Kier alpha value is -0.747. The maximum atomic E-state index is 7.75. The fourth-order valence-electron chi connectivity index (χ4n) is 0. The summed E-state index contributed by atoms with van der Waals surface area (Å²) < 4.78 is 0. The van der Waals surface area contributed by atoms with Gasteiger partial charge in [-0.05, 0) is 0 Å². The number of hydrogen-bond acceptors (Lipinski definition) is 1. The second kappa shape index (κ2) is 15.7. The molecule has 0 aromatic heterocycles. The van der Waals surface area contributed by atoms with Crippen molar-refractivity contribution in [1.29, 1.82) is 0 Å². The molecule has 0 atom stereocenters. The van der Waals surface area contributed by atoms with Crippen molar-refractivity contribution in [3.8, 4) is 0 Å². The molecule has 0 unspecified atom stereocenters. The molecular formula is C13H19ORu. The molecule has 0 aliphatic carbocycles. The first-order chi connectivity index (χ1) is 6.29. The second-order valence-corrected chi connectivity index (χ2v) is 2.93. The Bertz CT molecular complexity index is 179. The summed E-state index contributed by atoms with van der Waals surface area (Å²) in [5.41, 5.74) is 3.54. The molecule has 1 nitrogen and oxygen atoms in total. The molecule has 0 heterocycles. The van der Waals surface area contributed by atoms with Gasteiger partial charge >= 0.3 is 19.5 Å². The molecule has 1 radical (unpaired) electrons. The Morgan fingerprint density at radius 1 is 0.800 bits per heavy atom. The van der Waals surface area contributed by atoms with Crippen molar-refractivity contribution in [3.05, 3.63) is 48.6 Å². The third-order valence-corrected chi connectivity index (χ3v) is 1.35. The van der Waals surface area contributed by atoms with Crippen LogP contribution in [0.1, 0.15) is 27.7 Å². The zero-order valence-corrected chi connectivity index (χ0v) is 11.6. The van der Waals surface area contributed by atoms with Gasteiger partial charge in [-0.25, -0.2) is 22.3 Å². The van der Waals surface area contributed by atoms with Gasteiger partial charge in [0.2, 0.25) is 0 Å². The fourth-order valence-corrected chi connectivity index (χ4v) is 0. The van der Waals surface area contributed by atoms with Crippen LogP contribution >= 0.6 is 0 Å². The Morgan fingerprint density at radius 3 is 0.867 bits per heavy atom. The van der Waals surface area contributed by atoms with Gasteiger partial charge in [0, 0.05) is 0 Å². The van der Waals surface area contributed by atoms with Gasteiger partial charge in [0.15, 0.2) is 0 Å². The molecule has 0 spiro atoms. The van der Waals surface area contributed by atoms with Crippen molar-refractivity contribution in [2.75, 3.05) is 0 Å². The predicted octanol–water partition coefficient (Wildman–Crippen LogP) is 3.61. The van der Waals surface area contributed by atoms with Crippen LogP contribution in [-0.2, 0) is 24.3 Å². The molecule has 0 aromatic carbocycles. The Kier molecular flexibility index (Phi) is 24.9. The van der Waals surface area contributed by atoms with E-state index in [9.17, 15) is 0 Å². The zero-order chi connectivity index (χ0) is 12.3. The molecular weight excluding hydrogens is 273 g/mol. The largest absolute Gasteiger partial charge is 3.00 e. The first kappa shape index (κ1) is 23.8. The minimum Gasteiger partial charge on any atom is -0.545 e. The van der Waals surface area contributed by atoms with Gasteiger partial charge in [-0.2, -0.15) is 13.2 Å². The maximum absolute atomic E-state index is 7.75. The third-order valence-electron chi connectivity index (χ3n) is 1.35. The van der Waals surface area contributed by atoms with Gasteiger partial charge in [0.05, 0.1) is 0 Å². The van der Waals surface area contributed by atoms with E-state index in [1.807, 2.05) is 27.7 Å². The van der Waals surface area contributed by atoms with Crippen LogP contribution in [-0.4, -0.2) is 6.79 Å². The summed E-state index contributed by atoms with van der Waals surface area (Å²) in [7, 11) is 0. The number of hydrogen-bond donors (Lipinski definition) is 0. The number of allylic oxidation sites excluding steroid dienone is 4. The van der Waals surface area contributed by atoms with Crippen LogP contribution in [0.25, 0.3) is 0 Å². The van der Waals surface area contributed by atoms with E-state index in [2.05, 4.69) is 19.9 Å². The van der Waals surface area contributed by atoms with E-state index in [4.69, 9.17) is 18.0 Å². The molecule has 0 N–H and O–H groups in total. The van der Waals surface area contributed by atoms with E-state index in [0.29, 0.717) is 0 Å². The second-order valence-electron chi connectivity index (χ2n) is 2.93. The molecule has 0 saturated heterocycles. The van der Waals surface area contributed by atoms with Crippen LogP contribution in [0, 0.1) is 13.2 Å². The summed E-state index contributed by atoms with van der Waals surface area (Å²) in [6, 6.07) is 0. The van der Waals surface area contributed by atoms with Gasteiger partial charge < -0.3 is 4.79 Å². The smallest absolute Gasteiger partial charge is 0.545 e. The Balaban J connectivity index is -0.0000000653. The van der Waals surface area contributed by atoms with E-state index in [1.165, 1.54) is 0 Å². The summed E-state index contributed by atoms with van der Waals surface area (Å²) >= 11 is 0. The van der Waals surface area contributed by atoms with E-state index < -0.39 is 0 Å². The molecule has 85 valence electrons. The van der Waals surface area contributed by atoms with Gasteiger partial charge in [0.25, 0.3) is 0 Å². The third kappa shape index (κ3) is 31.9. The first-order valence-corrected chi connectivity index (χ1v) is 4.02. The minimum atomic E-state index is 0. The SMILES string of the molecule is [CH-]=C(C)C(=C)C.[CH-]=C(C)C(=C)C.[CH-]=O.[Ru+3]. The van der Waals surface area contributed by atoms with Crippen LogP contribution in [0.5, 0.6) is 0 Å². The molecule has 0 aromatic rings. The molecule has 0 aliphatic heterocycles. The van der Waals surface area contributed by atoms with Crippen molar-refractivity contribution in [1.82, 2.24) is 0 Å². The molecule has 0 fully saturated rings. The van der Waals surface area contributed by atoms with Crippen LogP contribution < -0.4 is 0 Å². The normalized spacial score (nSPS) is 6.40. The van der Waals surface area contributed by atoms with E-state index >= 15 is 0 Å². The molecule has 0 bridgehead atoms. The molecule has 2 heteroatoms. The monoisotopic (exact) mass is 293 g/mol. The van der Waals surface area contributed by atoms with Crippen molar-refractivity contribution in [2.24, 2.45) is 0 Å². The van der Waals surface area contributed by atoms with Gasteiger partial charge in [-0.3, -0.25) is 19.9 Å².